The van der Waals surface area contributed by atoms with Gasteiger partial charge in [0, 0.05) is 11.1 Å². The van der Waals surface area contributed by atoms with Crippen molar-refractivity contribution in [2.45, 2.75) is 26.6 Å². The zero-order valence-corrected chi connectivity index (χ0v) is 13.0. The van der Waals surface area contributed by atoms with Crippen molar-refractivity contribution >= 4 is 19.0 Å². The highest BCUT2D eigenvalue weighted by Crippen LogP contribution is 2.12. The van der Waals surface area contributed by atoms with Gasteiger partial charge in [0.15, 0.2) is 5.78 Å². The molecule has 0 fully saturated rings. The number of ketones is 1. The molecule has 0 unspecified atom stereocenters. The molecular weight excluding hydrogens is 248 g/mol. The van der Waals surface area contributed by atoms with Crippen molar-refractivity contribution in [2.75, 3.05) is 0 Å². The van der Waals surface area contributed by atoms with E-state index < -0.39 is 8.07 Å². The highest BCUT2D eigenvalue weighted by Gasteiger charge is 2.18. The Kier molecular flexibility index (Phi) is 3.72. The number of rotatable bonds is 3. The van der Waals surface area contributed by atoms with Gasteiger partial charge >= 0.3 is 0 Å². The lowest BCUT2D eigenvalue weighted by Gasteiger charge is -2.17. The molecule has 0 spiro atoms. The zero-order chi connectivity index (χ0) is 14.0. The second-order valence-corrected chi connectivity index (χ2v) is 11.1. The Morgan fingerprint density at radius 3 is 2.11 bits per heavy atom. The van der Waals surface area contributed by atoms with Crippen LogP contribution in [0.15, 0.2) is 48.5 Å². The minimum atomic E-state index is -1.37. The van der Waals surface area contributed by atoms with E-state index in [1.165, 1.54) is 10.8 Å². The van der Waals surface area contributed by atoms with Crippen LogP contribution in [0.1, 0.15) is 21.5 Å². The van der Waals surface area contributed by atoms with E-state index in [9.17, 15) is 4.79 Å². The summed E-state index contributed by atoms with van der Waals surface area (Å²) in [7, 11) is -1.37. The molecule has 0 bridgehead atoms. The molecule has 0 aromatic heterocycles. The van der Waals surface area contributed by atoms with Crippen LogP contribution >= 0.6 is 0 Å². The number of hydrogen-bond acceptors (Lipinski definition) is 1. The summed E-state index contributed by atoms with van der Waals surface area (Å²) >= 11 is 0. The Hall–Kier alpha value is -1.67. The lowest BCUT2D eigenvalue weighted by molar-refractivity contribution is 0.103. The molecule has 0 atom stereocenters. The smallest absolute Gasteiger partial charge is 0.193 e. The molecule has 0 saturated heterocycles. The summed E-state index contributed by atoms with van der Waals surface area (Å²) < 4.78 is 0. The zero-order valence-electron chi connectivity index (χ0n) is 12.0. The molecular formula is C17H20OSi. The monoisotopic (exact) mass is 268 g/mol. The van der Waals surface area contributed by atoms with Crippen molar-refractivity contribution in [1.82, 2.24) is 0 Å². The normalized spacial score (nSPS) is 11.4. The molecule has 0 heterocycles. The van der Waals surface area contributed by atoms with Crippen LogP contribution in [-0.2, 0) is 0 Å². The van der Waals surface area contributed by atoms with Gasteiger partial charge in [0.05, 0.1) is 8.07 Å². The minimum absolute atomic E-state index is 0.111. The lowest BCUT2D eigenvalue weighted by atomic mass is 10.0. The summed E-state index contributed by atoms with van der Waals surface area (Å²) in [6, 6.07) is 15.9. The molecule has 0 aliphatic heterocycles. The Labute approximate surface area is 116 Å². The third kappa shape index (κ3) is 3.21. The second-order valence-electron chi connectivity index (χ2n) is 6.03. The lowest BCUT2D eigenvalue weighted by Crippen LogP contribution is -2.37. The van der Waals surface area contributed by atoms with E-state index in [1.807, 2.05) is 43.3 Å². The van der Waals surface area contributed by atoms with E-state index in [1.54, 1.807) is 0 Å². The Balaban J connectivity index is 2.37. The van der Waals surface area contributed by atoms with E-state index in [4.69, 9.17) is 0 Å². The van der Waals surface area contributed by atoms with E-state index in [2.05, 4.69) is 31.8 Å². The standard InChI is InChI=1S/C17H20OSi/c1-13-8-10-14(11-9-13)17(18)15-6-5-7-16(12-15)19(2,3)4/h5-12H,1-4H3. The first-order valence-corrected chi connectivity index (χ1v) is 10.1. The highest BCUT2D eigenvalue weighted by molar-refractivity contribution is 6.88. The van der Waals surface area contributed by atoms with E-state index in [-0.39, 0.29) is 5.78 Å². The van der Waals surface area contributed by atoms with Gasteiger partial charge in [-0.1, -0.05) is 78.9 Å². The summed E-state index contributed by atoms with van der Waals surface area (Å²) in [5.41, 5.74) is 2.73. The van der Waals surface area contributed by atoms with Gasteiger partial charge in [0.25, 0.3) is 0 Å². The van der Waals surface area contributed by atoms with Crippen LogP contribution in [0.2, 0.25) is 19.6 Å². The van der Waals surface area contributed by atoms with Gasteiger partial charge in [-0.05, 0) is 6.92 Å². The molecule has 98 valence electrons. The summed E-state index contributed by atoms with van der Waals surface area (Å²) in [5, 5.41) is 1.32. The number of hydrogen-bond donors (Lipinski definition) is 0. The maximum Gasteiger partial charge on any atom is 0.193 e. The first kappa shape index (κ1) is 13.8. The fourth-order valence-electron chi connectivity index (χ4n) is 2.00. The molecule has 0 N–H and O–H groups in total. The maximum absolute atomic E-state index is 12.5. The van der Waals surface area contributed by atoms with Gasteiger partial charge in [0.1, 0.15) is 0 Å². The van der Waals surface area contributed by atoms with Crippen LogP contribution in [0, 0.1) is 6.92 Å². The van der Waals surface area contributed by atoms with E-state index >= 15 is 0 Å². The van der Waals surface area contributed by atoms with E-state index in [0.29, 0.717) is 0 Å². The first-order valence-electron chi connectivity index (χ1n) is 6.60. The van der Waals surface area contributed by atoms with Crippen LogP contribution in [0.5, 0.6) is 0 Å². The molecule has 2 aromatic rings. The van der Waals surface area contributed by atoms with Crippen LogP contribution in [-0.4, -0.2) is 13.9 Å². The molecule has 0 aliphatic carbocycles. The fourth-order valence-corrected chi connectivity index (χ4v) is 3.18. The van der Waals surface area contributed by atoms with Crippen molar-refractivity contribution in [3.05, 3.63) is 65.2 Å². The Bertz CT molecular complexity index is 591. The maximum atomic E-state index is 12.5. The quantitative estimate of drug-likeness (QED) is 0.612. The van der Waals surface area contributed by atoms with Gasteiger partial charge in [-0.25, -0.2) is 0 Å². The van der Waals surface area contributed by atoms with Crippen molar-refractivity contribution in [3.63, 3.8) is 0 Å². The molecule has 0 saturated carbocycles. The predicted molar refractivity (Wildman–Crippen MR) is 84.0 cm³/mol. The molecule has 2 aromatic carbocycles. The van der Waals surface area contributed by atoms with Crippen molar-refractivity contribution in [2.24, 2.45) is 0 Å². The third-order valence-electron chi connectivity index (χ3n) is 3.30. The third-order valence-corrected chi connectivity index (χ3v) is 5.35. The van der Waals surface area contributed by atoms with Gasteiger partial charge in [-0.2, -0.15) is 0 Å². The fraction of sp³-hybridized carbons (Fsp3) is 0.235. The van der Waals surface area contributed by atoms with E-state index in [0.717, 1.165) is 11.1 Å². The first-order chi connectivity index (χ1) is 8.88. The highest BCUT2D eigenvalue weighted by atomic mass is 28.3. The van der Waals surface area contributed by atoms with Crippen LogP contribution in [0.4, 0.5) is 0 Å². The summed E-state index contributed by atoms with van der Waals surface area (Å²) in [6.07, 6.45) is 0. The molecule has 0 radical (unpaired) electrons. The Morgan fingerprint density at radius 2 is 1.53 bits per heavy atom. The van der Waals surface area contributed by atoms with Crippen LogP contribution < -0.4 is 5.19 Å². The summed E-state index contributed by atoms with van der Waals surface area (Å²) in [5.74, 6) is 0.111. The Morgan fingerprint density at radius 1 is 0.895 bits per heavy atom. The molecule has 2 heteroatoms. The van der Waals surface area contributed by atoms with Crippen LogP contribution in [0.25, 0.3) is 0 Å². The molecule has 0 amide bonds. The summed E-state index contributed by atoms with van der Waals surface area (Å²) in [4.78, 5) is 12.5. The number of benzene rings is 2. The average Bonchev–Trinajstić information content (AvgIpc) is 2.38. The van der Waals surface area contributed by atoms with Gasteiger partial charge in [-0.15, -0.1) is 0 Å². The second kappa shape index (κ2) is 5.14. The number of carbonyl (C=O) groups is 1. The largest absolute Gasteiger partial charge is 0.289 e. The molecule has 2 rings (SSSR count). The SMILES string of the molecule is Cc1ccc(C(=O)c2cccc([Si](C)(C)C)c2)cc1. The number of carbonyl (C=O) groups excluding carboxylic acids is 1. The molecule has 0 aliphatic rings. The predicted octanol–water partition coefficient (Wildman–Crippen LogP) is 3.77. The van der Waals surface area contributed by atoms with Crippen molar-refractivity contribution < 1.29 is 4.79 Å². The summed E-state index contributed by atoms with van der Waals surface area (Å²) in [6.45, 7) is 8.91. The number of aryl methyl sites for hydroxylation is 1. The minimum Gasteiger partial charge on any atom is -0.289 e. The van der Waals surface area contributed by atoms with Crippen LogP contribution in [0.3, 0.4) is 0 Å². The average molecular weight is 268 g/mol. The van der Waals surface area contributed by atoms with Crippen molar-refractivity contribution in [1.29, 1.82) is 0 Å². The molecule has 19 heavy (non-hydrogen) atoms. The topological polar surface area (TPSA) is 17.1 Å². The van der Waals surface area contributed by atoms with Gasteiger partial charge in [0.2, 0.25) is 0 Å². The molecule has 1 nitrogen and oxygen atoms in total. The van der Waals surface area contributed by atoms with Gasteiger partial charge in [-0.3, -0.25) is 4.79 Å². The van der Waals surface area contributed by atoms with Gasteiger partial charge < -0.3 is 0 Å². The van der Waals surface area contributed by atoms with Crippen molar-refractivity contribution in [3.8, 4) is 0 Å².